The summed E-state index contributed by atoms with van der Waals surface area (Å²) < 4.78 is 52.5. The lowest BCUT2D eigenvalue weighted by molar-refractivity contribution is -0.0867. The SMILES string of the molecule is CCCCc1cc2ccc(F)cc2[s+]1C(F)(F)F.[Br-]. The van der Waals surface area contributed by atoms with E-state index in [4.69, 9.17) is 0 Å². The molecular weight excluding hydrogens is 344 g/mol. The topological polar surface area (TPSA) is 0 Å². The summed E-state index contributed by atoms with van der Waals surface area (Å²) in [6.07, 6.45) is 1.99. The van der Waals surface area contributed by atoms with Crippen molar-refractivity contribution in [2.24, 2.45) is 0 Å². The van der Waals surface area contributed by atoms with Crippen LogP contribution in [0.5, 0.6) is 0 Å². The van der Waals surface area contributed by atoms with Gasteiger partial charge in [0.05, 0.1) is 10.5 Å². The van der Waals surface area contributed by atoms with Crippen molar-refractivity contribution in [1.82, 2.24) is 0 Å². The fraction of sp³-hybridized carbons (Fsp3) is 0.385. The zero-order valence-electron chi connectivity index (χ0n) is 10.2. The van der Waals surface area contributed by atoms with Crippen LogP contribution in [0.15, 0.2) is 24.3 Å². The third-order valence-electron chi connectivity index (χ3n) is 2.78. The number of thiophene rings is 1. The van der Waals surface area contributed by atoms with E-state index in [0.29, 0.717) is 16.7 Å². The normalized spacial score (nSPS) is 12.6. The highest BCUT2D eigenvalue weighted by Gasteiger charge is 2.47. The van der Waals surface area contributed by atoms with Crippen LogP contribution in [0.1, 0.15) is 24.6 Å². The van der Waals surface area contributed by atoms with Gasteiger partial charge in [-0.2, -0.15) is 0 Å². The van der Waals surface area contributed by atoms with Gasteiger partial charge in [0.25, 0.3) is 0 Å². The number of halogens is 5. The summed E-state index contributed by atoms with van der Waals surface area (Å²) in [6, 6.07) is 5.22. The molecule has 0 saturated heterocycles. The Morgan fingerprint density at radius 1 is 1.16 bits per heavy atom. The molecule has 1 aromatic carbocycles. The number of aryl methyl sites for hydroxylation is 1. The molecule has 0 aliphatic heterocycles. The summed E-state index contributed by atoms with van der Waals surface area (Å²) in [7, 11) is -1.95. The summed E-state index contributed by atoms with van der Waals surface area (Å²) in [5, 5.41) is 0.503. The minimum atomic E-state index is -4.32. The van der Waals surface area contributed by atoms with E-state index in [2.05, 4.69) is 0 Å². The second-order valence-electron chi connectivity index (χ2n) is 4.15. The number of unbranched alkanes of at least 4 members (excludes halogenated alkanes) is 1. The predicted octanol–water partition coefficient (Wildman–Crippen LogP) is 2.55. The second-order valence-corrected chi connectivity index (χ2v) is 6.19. The van der Waals surface area contributed by atoms with Crippen LogP contribution in [0.3, 0.4) is 0 Å². The Hall–Kier alpha value is -0.620. The molecule has 0 amide bonds. The quantitative estimate of drug-likeness (QED) is 0.585. The first-order valence-electron chi connectivity index (χ1n) is 5.74. The maximum Gasteiger partial charge on any atom is 0.600 e. The van der Waals surface area contributed by atoms with Gasteiger partial charge in [-0.05, 0) is 18.6 Å². The van der Waals surface area contributed by atoms with Gasteiger partial charge in [-0.3, -0.25) is 0 Å². The number of hydrogen-bond acceptors (Lipinski definition) is 0. The molecule has 19 heavy (non-hydrogen) atoms. The van der Waals surface area contributed by atoms with Crippen LogP contribution in [0.25, 0.3) is 10.1 Å². The van der Waals surface area contributed by atoms with Crippen LogP contribution >= 0.6 is 10.5 Å². The first-order valence-corrected chi connectivity index (χ1v) is 6.97. The minimum absolute atomic E-state index is 0. The third kappa shape index (κ3) is 3.48. The Labute approximate surface area is 122 Å². The van der Waals surface area contributed by atoms with Gasteiger partial charge in [0.15, 0.2) is 9.58 Å². The molecule has 1 unspecified atom stereocenters. The highest BCUT2D eigenvalue weighted by Crippen LogP contribution is 2.51. The number of rotatable bonds is 3. The fourth-order valence-electron chi connectivity index (χ4n) is 1.98. The predicted molar refractivity (Wildman–Crippen MR) is 66.3 cm³/mol. The Bertz CT molecular complexity index is 560. The maximum absolute atomic E-state index is 13.1. The third-order valence-corrected chi connectivity index (χ3v) is 4.89. The molecule has 1 heterocycles. The highest BCUT2D eigenvalue weighted by atomic mass is 79.9. The van der Waals surface area contributed by atoms with Crippen LogP contribution < -0.4 is 17.0 Å². The van der Waals surface area contributed by atoms with Gasteiger partial charge in [0.1, 0.15) is 5.82 Å². The molecule has 0 aliphatic rings. The van der Waals surface area contributed by atoms with E-state index >= 15 is 0 Å². The molecule has 0 saturated carbocycles. The lowest BCUT2D eigenvalue weighted by Gasteiger charge is -1.99. The van der Waals surface area contributed by atoms with Gasteiger partial charge < -0.3 is 17.0 Å². The van der Waals surface area contributed by atoms with Crippen LogP contribution in [-0.2, 0) is 11.9 Å². The van der Waals surface area contributed by atoms with Crippen molar-refractivity contribution < 1.29 is 34.5 Å². The molecule has 0 nitrogen and oxygen atoms in total. The largest absolute Gasteiger partial charge is 1.00 e. The van der Waals surface area contributed by atoms with Crippen molar-refractivity contribution in [3.8, 4) is 0 Å². The summed E-state index contributed by atoms with van der Waals surface area (Å²) in [5.41, 5.74) is -4.32. The van der Waals surface area contributed by atoms with E-state index in [1.54, 1.807) is 6.07 Å². The highest BCUT2D eigenvalue weighted by molar-refractivity contribution is 7.38. The number of fused-ring (bicyclic) bond motifs is 1. The summed E-state index contributed by atoms with van der Waals surface area (Å²) in [6.45, 7) is 1.94. The smallest absolute Gasteiger partial charge is 0.600 e. The van der Waals surface area contributed by atoms with Crippen molar-refractivity contribution in [2.45, 2.75) is 31.7 Å². The number of alkyl halides is 3. The van der Waals surface area contributed by atoms with E-state index in [1.165, 1.54) is 12.1 Å². The molecule has 0 N–H and O–H groups in total. The van der Waals surface area contributed by atoms with E-state index in [1.807, 2.05) is 6.92 Å². The van der Waals surface area contributed by atoms with Gasteiger partial charge in [-0.1, -0.05) is 13.3 Å². The minimum Gasteiger partial charge on any atom is -1.00 e. The second kappa shape index (κ2) is 6.22. The molecular formula is C13H13BrF4S. The van der Waals surface area contributed by atoms with Gasteiger partial charge >= 0.3 is 5.51 Å². The molecule has 0 fully saturated rings. The Kier molecular flexibility index (Phi) is 5.38. The first kappa shape index (κ1) is 16.4. The average molecular weight is 357 g/mol. The van der Waals surface area contributed by atoms with Crippen molar-refractivity contribution in [1.29, 1.82) is 0 Å². The molecule has 0 aliphatic carbocycles. The van der Waals surface area contributed by atoms with E-state index < -0.39 is 21.8 Å². The lowest BCUT2D eigenvalue weighted by atomic mass is 10.2. The van der Waals surface area contributed by atoms with Crippen LogP contribution in [-0.4, -0.2) is 0 Å². The first-order chi connectivity index (χ1) is 8.43. The molecule has 0 bridgehead atoms. The van der Waals surface area contributed by atoms with Crippen LogP contribution in [0, 0.1) is 5.82 Å². The average Bonchev–Trinajstić information content (AvgIpc) is 2.63. The Balaban J connectivity index is 0.00000180. The molecule has 2 aromatic rings. The number of hydrogen-bond donors (Lipinski definition) is 0. The summed E-state index contributed by atoms with van der Waals surface area (Å²) in [5.74, 6) is -0.611. The monoisotopic (exact) mass is 356 g/mol. The van der Waals surface area contributed by atoms with Gasteiger partial charge in [0.2, 0.25) is 0 Å². The Morgan fingerprint density at radius 2 is 1.84 bits per heavy atom. The van der Waals surface area contributed by atoms with E-state index in [9.17, 15) is 17.6 Å². The molecule has 1 aromatic heterocycles. The molecule has 2 rings (SSSR count). The van der Waals surface area contributed by atoms with Crippen molar-refractivity contribution >= 4 is 20.6 Å². The number of benzene rings is 1. The molecule has 106 valence electrons. The molecule has 0 radical (unpaired) electrons. The molecule has 1 atom stereocenters. The zero-order chi connectivity index (χ0) is 13.3. The summed E-state index contributed by atoms with van der Waals surface area (Å²) >= 11 is 0. The van der Waals surface area contributed by atoms with Crippen molar-refractivity contribution in [2.75, 3.05) is 0 Å². The van der Waals surface area contributed by atoms with Gasteiger partial charge in [-0.25, -0.2) is 4.39 Å². The van der Waals surface area contributed by atoms with Gasteiger partial charge in [-0.15, -0.1) is 13.2 Å². The standard InChI is InChI=1S/C13H13F4S.BrH/c1-2-3-4-11-7-9-5-6-10(14)8-12(9)18(11)13(15,16)17;/h5-8H,2-4H2,1H3;1H/q+1;/p-1. The fourth-order valence-corrected chi connectivity index (χ4v) is 3.99. The van der Waals surface area contributed by atoms with E-state index in [0.717, 1.165) is 18.9 Å². The van der Waals surface area contributed by atoms with E-state index in [-0.39, 0.29) is 21.7 Å². The van der Waals surface area contributed by atoms with Crippen LogP contribution in [0.4, 0.5) is 17.6 Å². The summed E-state index contributed by atoms with van der Waals surface area (Å²) in [4.78, 5) is 0.380. The maximum atomic E-state index is 13.1. The Morgan fingerprint density at radius 3 is 2.42 bits per heavy atom. The lowest BCUT2D eigenvalue weighted by Crippen LogP contribution is -3.00. The van der Waals surface area contributed by atoms with Crippen LogP contribution in [0.2, 0.25) is 0 Å². The zero-order valence-corrected chi connectivity index (χ0v) is 12.6. The van der Waals surface area contributed by atoms with Gasteiger partial charge in [0, 0.05) is 23.9 Å². The van der Waals surface area contributed by atoms with Crippen molar-refractivity contribution in [3.63, 3.8) is 0 Å². The van der Waals surface area contributed by atoms with Crippen molar-refractivity contribution in [3.05, 3.63) is 35.0 Å². The molecule has 0 spiro atoms. The molecule has 6 heteroatoms.